The van der Waals surface area contributed by atoms with Crippen LogP contribution in [0.5, 0.6) is 0 Å². The molecule has 0 spiro atoms. The van der Waals surface area contributed by atoms with Gasteiger partial charge in [-0.2, -0.15) is 0 Å². The van der Waals surface area contributed by atoms with Gasteiger partial charge in [-0.3, -0.25) is 4.79 Å². The normalized spacial score (nSPS) is 14.2. The van der Waals surface area contributed by atoms with Gasteiger partial charge in [-0.1, -0.05) is 48.2 Å². The van der Waals surface area contributed by atoms with Gasteiger partial charge in [-0.25, -0.2) is 4.79 Å². The first-order valence-corrected chi connectivity index (χ1v) is 10.7. The maximum absolute atomic E-state index is 12.4. The molecule has 2 aromatic rings. The van der Waals surface area contributed by atoms with Gasteiger partial charge in [0.05, 0.1) is 10.0 Å². The predicted octanol–water partition coefficient (Wildman–Crippen LogP) is 5.97. The minimum Gasteiger partial charge on any atom is -0.326 e. The van der Waals surface area contributed by atoms with Gasteiger partial charge in [0.25, 0.3) is 0 Å². The number of rotatable bonds is 5. The topological polar surface area (TPSA) is 61.4 Å². The monoisotopic (exact) mass is 433 g/mol. The molecule has 0 bridgehead atoms. The number of amides is 3. The molecular formula is C22H25Cl2N3O2. The van der Waals surface area contributed by atoms with Gasteiger partial charge in [0.2, 0.25) is 5.91 Å². The number of hydrogen-bond acceptors (Lipinski definition) is 2. The zero-order chi connectivity index (χ0) is 20.6. The predicted molar refractivity (Wildman–Crippen MR) is 119 cm³/mol. The number of halogens is 2. The summed E-state index contributed by atoms with van der Waals surface area (Å²) in [5.41, 5.74) is 2.24. The number of nitrogens with one attached hydrogen (secondary N) is 2. The van der Waals surface area contributed by atoms with Crippen LogP contribution in [0.1, 0.15) is 37.7 Å². The third kappa shape index (κ3) is 6.38. The lowest BCUT2D eigenvalue weighted by molar-refractivity contribution is -0.116. The molecule has 1 heterocycles. The van der Waals surface area contributed by atoms with Crippen LogP contribution in [0.2, 0.25) is 10.0 Å². The van der Waals surface area contributed by atoms with E-state index in [4.69, 9.17) is 23.2 Å². The third-order valence-electron chi connectivity index (χ3n) is 4.97. The number of nitrogens with zero attached hydrogens (tertiary/aromatic N) is 1. The highest BCUT2D eigenvalue weighted by Gasteiger charge is 2.15. The highest BCUT2D eigenvalue weighted by Crippen LogP contribution is 2.26. The van der Waals surface area contributed by atoms with E-state index in [0.717, 1.165) is 31.5 Å². The first-order chi connectivity index (χ1) is 14.0. The van der Waals surface area contributed by atoms with Gasteiger partial charge >= 0.3 is 6.03 Å². The van der Waals surface area contributed by atoms with Gasteiger partial charge < -0.3 is 15.5 Å². The van der Waals surface area contributed by atoms with E-state index in [-0.39, 0.29) is 11.9 Å². The second kappa shape index (κ2) is 10.5. The second-order valence-electron chi connectivity index (χ2n) is 7.17. The summed E-state index contributed by atoms with van der Waals surface area (Å²) in [6.07, 6.45) is 5.28. The van der Waals surface area contributed by atoms with E-state index in [9.17, 15) is 9.59 Å². The van der Waals surface area contributed by atoms with Crippen LogP contribution >= 0.6 is 23.2 Å². The van der Waals surface area contributed by atoms with Crippen molar-refractivity contribution in [2.45, 2.75) is 38.5 Å². The Bertz CT molecular complexity index is 848. The quantitative estimate of drug-likeness (QED) is 0.609. The van der Waals surface area contributed by atoms with Crippen LogP contribution in [-0.4, -0.2) is 29.9 Å². The number of urea groups is 1. The Labute approximate surface area is 181 Å². The van der Waals surface area contributed by atoms with Crippen LogP contribution in [0, 0.1) is 0 Å². The third-order valence-corrected chi connectivity index (χ3v) is 5.82. The standard InChI is InChI=1S/C22H25Cl2N3O2/c23-19-7-5-6-16(21(19)24)8-13-20(28)25-17-9-11-18(12-10-17)26-22(29)27-14-3-1-2-4-15-27/h5-7,9-12H,1-4,8,13-15H2,(H,25,28)(H,26,29). The molecule has 154 valence electrons. The molecule has 3 rings (SSSR count). The Morgan fingerprint density at radius 1 is 0.862 bits per heavy atom. The largest absolute Gasteiger partial charge is 0.326 e. The van der Waals surface area contributed by atoms with Crippen LogP contribution in [0.15, 0.2) is 42.5 Å². The van der Waals surface area contributed by atoms with Crippen LogP contribution in [0.25, 0.3) is 0 Å². The fourth-order valence-corrected chi connectivity index (χ4v) is 3.74. The molecule has 2 aromatic carbocycles. The van der Waals surface area contributed by atoms with Gasteiger partial charge in [-0.15, -0.1) is 0 Å². The summed E-state index contributed by atoms with van der Waals surface area (Å²) in [5.74, 6) is -0.109. The maximum atomic E-state index is 12.4. The van der Waals surface area contributed by atoms with Gasteiger partial charge in [0.15, 0.2) is 0 Å². The van der Waals surface area contributed by atoms with Crippen LogP contribution in [-0.2, 0) is 11.2 Å². The molecule has 7 heteroatoms. The van der Waals surface area contributed by atoms with Gasteiger partial charge in [-0.05, 0) is 55.2 Å². The maximum Gasteiger partial charge on any atom is 0.321 e. The molecule has 2 N–H and O–H groups in total. The van der Waals surface area contributed by atoms with Crippen molar-refractivity contribution in [3.63, 3.8) is 0 Å². The van der Waals surface area contributed by atoms with Crippen LogP contribution in [0.4, 0.5) is 16.2 Å². The molecule has 29 heavy (non-hydrogen) atoms. The number of carbonyl (C=O) groups is 2. The Hall–Kier alpha value is -2.24. The molecule has 1 fully saturated rings. The summed E-state index contributed by atoms with van der Waals surface area (Å²) in [4.78, 5) is 26.5. The Morgan fingerprint density at radius 3 is 2.14 bits per heavy atom. The zero-order valence-electron chi connectivity index (χ0n) is 16.2. The summed E-state index contributed by atoms with van der Waals surface area (Å²) in [7, 11) is 0. The van der Waals surface area contributed by atoms with E-state index in [2.05, 4.69) is 10.6 Å². The molecule has 5 nitrogen and oxygen atoms in total. The lowest BCUT2D eigenvalue weighted by atomic mass is 10.1. The lowest BCUT2D eigenvalue weighted by Gasteiger charge is -2.20. The van der Waals surface area contributed by atoms with E-state index < -0.39 is 0 Å². The van der Waals surface area contributed by atoms with Crippen LogP contribution in [0.3, 0.4) is 0 Å². The number of carbonyl (C=O) groups excluding carboxylic acids is 2. The molecule has 0 aliphatic carbocycles. The summed E-state index contributed by atoms with van der Waals surface area (Å²) < 4.78 is 0. The average Bonchev–Trinajstić information content (AvgIpc) is 3.00. The van der Waals surface area contributed by atoms with Gasteiger partial charge in [0, 0.05) is 30.9 Å². The summed E-state index contributed by atoms with van der Waals surface area (Å²) in [6.45, 7) is 1.60. The van der Waals surface area contributed by atoms with E-state index >= 15 is 0 Å². The number of likely N-dealkylation sites (tertiary alicyclic amines) is 1. The Morgan fingerprint density at radius 2 is 1.48 bits per heavy atom. The van der Waals surface area contributed by atoms with Gasteiger partial charge in [0.1, 0.15) is 0 Å². The molecule has 0 unspecified atom stereocenters. The molecule has 3 amide bonds. The van der Waals surface area contributed by atoms with Crippen molar-refractivity contribution in [2.75, 3.05) is 23.7 Å². The smallest absolute Gasteiger partial charge is 0.321 e. The molecule has 1 aliphatic heterocycles. The highest BCUT2D eigenvalue weighted by atomic mass is 35.5. The van der Waals surface area contributed by atoms with Crippen molar-refractivity contribution in [1.29, 1.82) is 0 Å². The number of aryl methyl sites for hydroxylation is 1. The van der Waals surface area contributed by atoms with Crippen molar-refractivity contribution in [2.24, 2.45) is 0 Å². The minimum absolute atomic E-state index is 0.0675. The van der Waals surface area contributed by atoms with Crippen molar-refractivity contribution >= 4 is 46.5 Å². The summed E-state index contributed by atoms with van der Waals surface area (Å²) in [6, 6.07) is 12.5. The average molecular weight is 434 g/mol. The van der Waals surface area contributed by atoms with Crippen molar-refractivity contribution in [3.8, 4) is 0 Å². The van der Waals surface area contributed by atoms with E-state index in [1.54, 1.807) is 30.3 Å². The van der Waals surface area contributed by atoms with Crippen molar-refractivity contribution < 1.29 is 9.59 Å². The highest BCUT2D eigenvalue weighted by molar-refractivity contribution is 6.42. The van der Waals surface area contributed by atoms with E-state index in [0.29, 0.717) is 34.3 Å². The molecule has 1 aliphatic rings. The van der Waals surface area contributed by atoms with Crippen molar-refractivity contribution in [3.05, 3.63) is 58.1 Å². The summed E-state index contributed by atoms with van der Waals surface area (Å²) >= 11 is 12.2. The fraction of sp³-hybridized carbons (Fsp3) is 0.364. The number of anilines is 2. The number of hydrogen-bond donors (Lipinski definition) is 2. The Balaban J connectivity index is 1.48. The minimum atomic E-state index is -0.109. The molecule has 0 aromatic heterocycles. The number of benzene rings is 2. The first kappa shape index (κ1) is 21.5. The molecule has 1 saturated heterocycles. The SMILES string of the molecule is O=C(CCc1cccc(Cl)c1Cl)Nc1ccc(NC(=O)N2CCCCCC2)cc1. The molecule has 0 atom stereocenters. The van der Waals surface area contributed by atoms with Crippen LogP contribution < -0.4 is 10.6 Å². The van der Waals surface area contributed by atoms with Crippen molar-refractivity contribution in [1.82, 2.24) is 4.90 Å². The molecule has 0 saturated carbocycles. The van der Waals surface area contributed by atoms with E-state index in [1.165, 1.54) is 12.8 Å². The molecular weight excluding hydrogens is 409 g/mol. The Kier molecular flexibility index (Phi) is 7.78. The van der Waals surface area contributed by atoms with E-state index in [1.807, 2.05) is 17.0 Å². The first-order valence-electron chi connectivity index (χ1n) is 9.91. The fourth-order valence-electron chi connectivity index (χ4n) is 3.33. The lowest BCUT2D eigenvalue weighted by Crippen LogP contribution is -2.35. The zero-order valence-corrected chi connectivity index (χ0v) is 17.7. The molecule has 0 radical (unpaired) electrons. The summed E-state index contributed by atoms with van der Waals surface area (Å²) in [5, 5.41) is 6.77. The second-order valence-corrected chi connectivity index (χ2v) is 7.96.